The summed E-state index contributed by atoms with van der Waals surface area (Å²) in [4.78, 5) is 11.3. The van der Waals surface area contributed by atoms with Crippen LogP contribution in [0.3, 0.4) is 0 Å². The second kappa shape index (κ2) is 5.30. The van der Waals surface area contributed by atoms with Crippen molar-refractivity contribution in [1.29, 1.82) is 0 Å². The predicted molar refractivity (Wildman–Crippen MR) is 77.8 cm³/mol. The quantitative estimate of drug-likeness (QED) is 0.861. The molecule has 0 amide bonds. The second-order valence-corrected chi connectivity index (χ2v) is 5.76. The molecule has 10 heteroatoms. The van der Waals surface area contributed by atoms with Crippen LogP contribution < -0.4 is 14.8 Å². The third-order valence-corrected chi connectivity index (χ3v) is 4.27. The molecule has 4 rings (SSSR count). The van der Waals surface area contributed by atoms with Crippen LogP contribution in [0.15, 0.2) is 24.4 Å². The van der Waals surface area contributed by atoms with Gasteiger partial charge in [-0.15, -0.1) is 0 Å². The van der Waals surface area contributed by atoms with E-state index in [1.165, 1.54) is 0 Å². The van der Waals surface area contributed by atoms with Crippen molar-refractivity contribution in [1.82, 2.24) is 9.78 Å². The summed E-state index contributed by atoms with van der Waals surface area (Å²) in [7, 11) is 0. The van der Waals surface area contributed by atoms with E-state index in [9.17, 15) is 23.1 Å². The van der Waals surface area contributed by atoms with Crippen molar-refractivity contribution >= 4 is 11.8 Å². The zero-order valence-corrected chi connectivity index (χ0v) is 12.6. The summed E-state index contributed by atoms with van der Waals surface area (Å²) in [5.41, 5.74) is 0.238. The summed E-state index contributed by atoms with van der Waals surface area (Å²) < 4.78 is 51.5. The second-order valence-electron chi connectivity index (χ2n) is 5.76. The summed E-state index contributed by atoms with van der Waals surface area (Å²) in [6, 6.07) is 2.17. The molecule has 0 spiro atoms. The number of aromatic carboxylic acids is 1. The lowest BCUT2D eigenvalue weighted by Gasteiger charge is -2.33. The van der Waals surface area contributed by atoms with Gasteiger partial charge in [-0.1, -0.05) is 6.07 Å². The van der Waals surface area contributed by atoms with Crippen molar-refractivity contribution in [3.8, 4) is 11.5 Å². The van der Waals surface area contributed by atoms with Crippen molar-refractivity contribution in [3.05, 3.63) is 35.5 Å². The molecule has 0 unspecified atom stereocenters. The number of hydrogen-bond acceptors (Lipinski definition) is 5. The van der Waals surface area contributed by atoms with E-state index in [0.29, 0.717) is 21.7 Å². The van der Waals surface area contributed by atoms with Crippen LogP contribution >= 0.6 is 0 Å². The van der Waals surface area contributed by atoms with Crippen LogP contribution in [0.2, 0.25) is 0 Å². The van der Waals surface area contributed by atoms with Gasteiger partial charge in [0.2, 0.25) is 6.79 Å². The van der Waals surface area contributed by atoms with Gasteiger partial charge in [0, 0.05) is 6.42 Å². The van der Waals surface area contributed by atoms with E-state index < -0.39 is 24.2 Å². The molecule has 7 nitrogen and oxygen atoms in total. The van der Waals surface area contributed by atoms with E-state index in [-0.39, 0.29) is 24.6 Å². The molecule has 0 fully saturated rings. The molecule has 0 saturated carbocycles. The Morgan fingerprint density at radius 1 is 1.32 bits per heavy atom. The fourth-order valence-corrected chi connectivity index (χ4v) is 3.07. The van der Waals surface area contributed by atoms with Crippen LogP contribution in [0.4, 0.5) is 19.0 Å². The van der Waals surface area contributed by atoms with Crippen molar-refractivity contribution in [2.75, 3.05) is 12.1 Å². The molecule has 1 aromatic heterocycles. The third-order valence-electron chi connectivity index (χ3n) is 4.27. The summed E-state index contributed by atoms with van der Waals surface area (Å²) in [6.45, 7) is 0.0536. The van der Waals surface area contributed by atoms with Crippen LogP contribution in [0.1, 0.15) is 34.4 Å². The molecule has 132 valence electrons. The number of ether oxygens (including phenoxy) is 2. The number of alkyl halides is 3. The highest BCUT2D eigenvalue weighted by atomic mass is 19.4. The number of carboxylic acids is 1. The Balaban J connectivity index is 1.76. The minimum absolute atomic E-state index is 0.0536. The molecular weight excluding hydrogens is 343 g/mol. The number of anilines is 1. The van der Waals surface area contributed by atoms with Gasteiger partial charge in [0.25, 0.3) is 0 Å². The van der Waals surface area contributed by atoms with Crippen molar-refractivity contribution < 1.29 is 32.5 Å². The lowest BCUT2D eigenvalue weighted by atomic mass is 9.96. The van der Waals surface area contributed by atoms with Crippen LogP contribution in [-0.4, -0.2) is 33.8 Å². The zero-order valence-electron chi connectivity index (χ0n) is 12.6. The largest absolute Gasteiger partial charge is 0.477 e. The molecule has 2 atom stereocenters. The standard InChI is InChI=1S/C15H12F3N3O4/c16-15(17,18)12-4-9(7-1-2-10-11(3-7)25-6-24-10)20-13-8(14(22)23)5-19-21(12)13/h1-3,5,9,12,20H,4,6H2,(H,22,23)/t9-,12-/m0/s1. The maximum atomic E-state index is 13.5. The van der Waals surface area contributed by atoms with E-state index in [0.717, 1.165) is 6.20 Å². The third kappa shape index (κ3) is 2.53. The van der Waals surface area contributed by atoms with Crippen LogP contribution in [0.25, 0.3) is 0 Å². The van der Waals surface area contributed by atoms with Crippen molar-refractivity contribution in [2.45, 2.75) is 24.7 Å². The Labute approximate surface area is 139 Å². The molecular formula is C15H12F3N3O4. The Hall–Kier alpha value is -2.91. The molecule has 0 saturated heterocycles. The fourth-order valence-electron chi connectivity index (χ4n) is 3.07. The predicted octanol–water partition coefficient (Wildman–Crippen LogP) is 2.97. The average Bonchev–Trinajstić information content (AvgIpc) is 3.18. The molecule has 0 aliphatic carbocycles. The first-order chi connectivity index (χ1) is 11.8. The van der Waals surface area contributed by atoms with Crippen molar-refractivity contribution in [3.63, 3.8) is 0 Å². The van der Waals surface area contributed by atoms with Gasteiger partial charge in [0.15, 0.2) is 17.5 Å². The van der Waals surface area contributed by atoms with E-state index in [1.807, 2.05) is 0 Å². The normalized spacial score (nSPS) is 21.6. The van der Waals surface area contributed by atoms with E-state index in [4.69, 9.17) is 9.47 Å². The summed E-state index contributed by atoms with van der Waals surface area (Å²) in [5.74, 6) is -0.548. The summed E-state index contributed by atoms with van der Waals surface area (Å²) >= 11 is 0. The first-order valence-corrected chi connectivity index (χ1v) is 7.38. The Morgan fingerprint density at radius 2 is 2.08 bits per heavy atom. The number of carboxylic acid groups (broad SMARTS) is 1. The number of benzene rings is 1. The van der Waals surface area contributed by atoms with E-state index in [2.05, 4.69) is 10.4 Å². The van der Waals surface area contributed by atoms with Gasteiger partial charge in [-0.2, -0.15) is 18.3 Å². The van der Waals surface area contributed by atoms with Gasteiger partial charge in [-0.05, 0) is 17.7 Å². The highest BCUT2D eigenvalue weighted by Gasteiger charge is 2.47. The van der Waals surface area contributed by atoms with Gasteiger partial charge >= 0.3 is 12.1 Å². The number of aromatic nitrogens is 2. The number of halogens is 3. The van der Waals surface area contributed by atoms with Gasteiger partial charge < -0.3 is 19.9 Å². The molecule has 25 heavy (non-hydrogen) atoms. The SMILES string of the molecule is O=C(O)c1cnn2c1N[C@H](c1ccc3c(c1)OCO3)C[C@H]2C(F)(F)F. The Kier molecular flexibility index (Phi) is 3.31. The average molecular weight is 355 g/mol. The van der Waals surface area contributed by atoms with Gasteiger partial charge in [0.1, 0.15) is 11.4 Å². The maximum absolute atomic E-state index is 13.5. The molecule has 3 heterocycles. The van der Waals surface area contributed by atoms with E-state index >= 15 is 0 Å². The number of fused-ring (bicyclic) bond motifs is 2. The fraction of sp³-hybridized carbons (Fsp3) is 0.333. The van der Waals surface area contributed by atoms with Crippen LogP contribution in [0.5, 0.6) is 11.5 Å². The maximum Gasteiger partial charge on any atom is 0.410 e. The molecule has 1 aromatic carbocycles. The van der Waals surface area contributed by atoms with Gasteiger partial charge in [-0.3, -0.25) is 0 Å². The monoisotopic (exact) mass is 355 g/mol. The lowest BCUT2D eigenvalue weighted by Crippen LogP contribution is -2.36. The highest BCUT2D eigenvalue weighted by Crippen LogP contribution is 2.45. The number of nitrogens with zero attached hydrogens (tertiary/aromatic N) is 2. The Morgan fingerprint density at radius 3 is 2.80 bits per heavy atom. The van der Waals surface area contributed by atoms with Gasteiger partial charge in [-0.25, -0.2) is 9.48 Å². The minimum Gasteiger partial charge on any atom is -0.477 e. The zero-order chi connectivity index (χ0) is 17.8. The minimum atomic E-state index is -4.56. The number of nitrogens with one attached hydrogen (secondary N) is 1. The molecule has 0 bridgehead atoms. The molecule has 2 aromatic rings. The first kappa shape index (κ1) is 15.6. The number of carbonyl (C=O) groups is 1. The lowest BCUT2D eigenvalue weighted by molar-refractivity contribution is -0.173. The first-order valence-electron chi connectivity index (χ1n) is 7.38. The molecule has 2 N–H and O–H groups in total. The summed E-state index contributed by atoms with van der Waals surface area (Å²) in [5, 5.41) is 15.7. The van der Waals surface area contributed by atoms with Crippen LogP contribution in [-0.2, 0) is 0 Å². The van der Waals surface area contributed by atoms with Gasteiger partial charge in [0.05, 0.1) is 12.2 Å². The topological polar surface area (TPSA) is 85.6 Å². The highest BCUT2D eigenvalue weighted by molar-refractivity contribution is 5.93. The summed E-state index contributed by atoms with van der Waals surface area (Å²) in [6.07, 6.45) is -3.96. The Bertz CT molecular complexity index is 849. The molecule has 2 aliphatic heterocycles. The smallest absolute Gasteiger partial charge is 0.410 e. The molecule has 0 radical (unpaired) electrons. The van der Waals surface area contributed by atoms with E-state index in [1.54, 1.807) is 18.2 Å². The van der Waals surface area contributed by atoms with Crippen LogP contribution in [0, 0.1) is 0 Å². The van der Waals surface area contributed by atoms with Crippen molar-refractivity contribution in [2.24, 2.45) is 0 Å². The molecule has 2 aliphatic rings. The number of hydrogen-bond donors (Lipinski definition) is 2. The number of rotatable bonds is 2.